The molecule has 3 heteroatoms. The van der Waals surface area contributed by atoms with Crippen molar-refractivity contribution in [1.82, 2.24) is 0 Å². The summed E-state index contributed by atoms with van der Waals surface area (Å²) in [4.78, 5) is 10.9. The second-order valence-corrected chi connectivity index (χ2v) is 10.2. The fourth-order valence-corrected chi connectivity index (χ4v) is 2.05. The fourth-order valence-electron chi connectivity index (χ4n) is 0.904. The van der Waals surface area contributed by atoms with E-state index in [-0.39, 0.29) is 5.97 Å². The Morgan fingerprint density at radius 2 is 1.92 bits per heavy atom. The lowest BCUT2D eigenvalue weighted by Gasteiger charge is -2.15. The van der Waals surface area contributed by atoms with Crippen LogP contribution in [0.2, 0.25) is 25.7 Å². The van der Waals surface area contributed by atoms with Gasteiger partial charge in [-0.15, -0.1) is 0 Å². The molecule has 0 aromatic rings. The van der Waals surface area contributed by atoms with E-state index in [2.05, 4.69) is 24.4 Å². The minimum absolute atomic E-state index is 0.243. The van der Waals surface area contributed by atoms with E-state index < -0.39 is 8.07 Å². The highest BCUT2D eigenvalue weighted by molar-refractivity contribution is 6.76. The Morgan fingerprint density at radius 3 is 2.31 bits per heavy atom. The second kappa shape index (κ2) is 5.22. The summed E-state index contributed by atoms with van der Waals surface area (Å²) < 4.78 is 4.55. The number of methoxy groups -OCH3 is 1. The molecule has 0 fully saturated rings. The highest BCUT2D eigenvalue weighted by Crippen LogP contribution is 2.15. The summed E-state index contributed by atoms with van der Waals surface area (Å²) in [6.07, 6.45) is 2.60. The van der Waals surface area contributed by atoms with Crippen LogP contribution in [0.4, 0.5) is 0 Å². The molecule has 2 nitrogen and oxygen atoms in total. The van der Waals surface area contributed by atoms with Crippen LogP contribution in [0, 0.1) is 0 Å². The molecule has 0 aliphatic carbocycles. The minimum Gasteiger partial charge on any atom is -0.466 e. The van der Waals surface area contributed by atoms with E-state index in [1.165, 1.54) is 13.2 Å². The summed E-state index contributed by atoms with van der Waals surface area (Å²) in [5.41, 5.74) is 1.12. The maximum absolute atomic E-state index is 10.9. The third kappa shape index (κ3) is 7.78. The molecule has 0 bridgehead atoms. The molecular formula is C10H20O2Si. The Bertz CT molecular complexity index is 201. The van der Waals surface area contributed by atoms with Gasteiger partial charge in [-0.2, -0.15) is 0 Å². The van der Waals surface area contributed by atoms with Crippen molar-refractivity contribution < 1.29 is 9.53 Å². The van der Waals surface area contributed by atoms with E-state index >= 15 is 0 Å². The van der Waals surface area contributed by atoms with Crippen molar-refractivity contribution in [2.75, 3.05) is 7.11 Å². The van der Waals surface area contributed by atoms with Gasteiger partial charge in [0, 0.05) is 14.1 Å². The second-order valence-electron chi connectivity index (χ2n) is 4.57. The van der Waals surface area contributed by atoms with Crippen LogP contribution in [0.25, 0.3) is 0 Å². The van der Waals surface area contributed by atoms with Gasteiger partial charge >= 0.3 is 5.97 Å². The van der Waals surface area contributed by atoms with E-state index in [9.17, 15) is 4.79 Å². The normalized spacial score (nSPS) is 12.8. The van der Waals surface area contributed by atoms with Crippen molar-refractivity contribution in [3.8, 4) is 0 Å². The van der Waals surface area contributed by atoms with Gasteiger partial charge in [-0.1, -0.05) is 31.3 Å². The summed E-state index contributed by atoms with van der Waals surface area (Å²) in [6.45, 7) is 8.98. The van der Waals surface area contributed by atoms with Crippen molar-refractivity contribution in [3.05, 3.63) is 11.6 Å². The Morgan fingerprint density at radius 1 is 1.38 bits per heavy atom. The van der Waals surface area contributed by atoms with Gasteiger partial charge in [-0.3, -0.25) is 0 Å². The first-order chi connectivity index (χ1) is 5.85. The fraction of sp³-hybridized carbons (Fsp3) is 0.700. The molecule has 0 atom stereocenters. The number of carbonyl (C=O) groups is 1. The number of hydrogen-bond acceptors (Lipinski definition) is 2. The highest BCUT2D eigenvalue weighted by Gasteiger charge is 2.12. The average Bonchev–Trinajstić information content (AvgIpc) is 1.99. The summed E-state index contributed by atoms with van der Waals surface area (Å²) in [5.74, 6) is -0.243. The first kappa shape index (κ1) is 12.4. The molecule has 0 spiro atoms. The van der Waals surface area contributed by atoms with Gasteiger partial charge in [-0.05, 0) is 13.3 Å². The summed E-state index contributed by atoms with van der Waals surface area (Å²) in [7, 11) is 0.433. The number of esters is 1. The molecule has 0 aromatic heterocycles. The predicted molar refractivity (Wildman–Crippen MR) is 58.5 cm³/mol. The molecule has 0 amide bonds. The van der Waals surface area contributed by atoms with Crippen molar-refractivity contribution in [2.45, 2.75) is 39.0 Å². The molecule has 0 aromatic carbocycles. The summed E-state index contributed by atoms with van der Waals surface area (Å²) in [6, 6.07) is 1.23. The summed E-state index contributed by atoms with van der Waals surface area (Å²) in [5, 5.41) is 0. The molecule has 0 unspecified atom stereocenters. The van der Waals surface area contributed by atoms with Crippen LogP contribution < -0.4 is 0 Å². The average molecular weight is 200 g/mol. The van der Waals surface area contributed by atoms with E-state index in [1.807, 2.05) is 6.92 Å². The molecule has 0 radical (unpaired) electrons. The lowest BCUT2D eigenvalue weighted by atomic mass is 10.2. The number of hydrogen-bond donors (Lipinski definition) is 0. The minimum atomic E-state index is -0.974. The maximum atomic E-state index is 10.9. The number of carbonyl (C=O) groups excluding carboxylic acids is 1. The molecule has 0 aliphatic heterocycles. The zero-order valence-electron chi connectivity index (χ0n) is 9.31. The molecule has 0 saturated heterocycles. The first-order valence-electron chi connectivity index (χ1n) is 4.60. The Balaban J connectivity index is 3.94. The largest absolute Gasteiger partial charge is 0.466 e. The monoisotopic (exact) mass is 200 g/mol. The molecule has 0 rings (SSSR count). The lowest BCUT2D eigenvalue weighted by Crippen LogP contribution is -2.18. The lowest BCUT2D eigenvalue weighted by molar-refractivity contribution is -0.134. The van der Waals surface area contributed by atoms with Crippen LogP contribution in [0.5, 0.6) is 0 Å². The van der Waals surface area contributed by atoms with Crippen molar-refractivity contribution in [1.29, 1.82) is 0 Å². The van der Waals surface area contributed by atoms with Gasteiger partial charge in [0.25, 0.3) is 0 Å². The Hall–Kier alpha value is -0.573. The van der Waals surface area contributed by atoms with E-state index in [1.54, 1.807) is 6.08 Å². The van der Waals surface area contributed by atoms with Crippen molar-refractivity contribution in [3.63, 3.8) is 0 Å². The van der Waals surface area contributed by atoms with E-state index in [0.29, 0.717) is 0 Å². The Kier molecular flexibility index (Phi) is 4.99. The van der Waals surface area contributed by atoms with Gasteiger partial charge in [0.1, 0.15) is 0 Å². The van der Waals surface area contributed by atoms with Crippen LogP contribution in [0.3, 0.4) is 0 Å². The van der Waals surface area contributed by atoms with Crippen LogP contribution in [0.15, 0.2) is 11.6 Å². The van der Waals surface area contributed by atoms with Crippen molar-refractivity contribution in [2.24, 2.45) is 0 Å². The molecule has 76 valence electrons. The third-order valence-electron chi connectivity index (χ3n) is 1.83. The quantitative estimate of drug-likeness (QED) is 0.396. The number of allylic oxidation sites excluding steroid dienone is 1. The molecule has 13 heavy (non-hydrogen) atoms. The zero-order chi connectivity index (χ0) is 10.5. The topological polar surface area (TPSA) is 26.3 Å². The van der Waals surface area contributed by atoms with Gasteiger partial charge < -0.3 is 4.74 Å². The third-order valence-corrected chi connectivity index (χ3v) is 3.58. The first-order valence-corrected chi connectivity index (χ1v) is 8.31. The SMILES string of the molecule is COC(=O)/C=C(\C)CC[Si](C)(C)C. The van der Waals surface area contributed by atoms with Gasteiger partial charge in [-0.25, -0.2) is 4.79 Å². The molecule has 0 aliphatic rings. The van der Waals surface area contributed by atoms with Crippen molar-refractivity contribution >= 4 is 14.0 Å². The highest BCUT2D eigenvalue weighted by atomic mass is 28.3. The zero-order valence-corrected chi connectivity index (χ0v) is 10.3. The van der Waals surface area contributed by atoms with Crippen LogP contribution in [0.1, 0.15) is 13.3 Å². The molecule has 0 heterocycles. The van der Waals surface area contributed by atoms with Crippen LogP contribution in [-0.2, 0) is 9.53 Å². The van der Waals surface area contributed by atoms with Crippen LogP contribution >= 0.6 is 0 Å². The smallest absolute Gasteiger partial charge is 0.330 e. The number of rotatable bonds is 4. The van der Waals surface area contributed by atoms with Gasteiger partial charge in [0.2, 0.25) is 0 Å². The Labute approximate surface area is 82.0 Å². The molecule has 0 N–H and O–H groups in total. The standard InChI is InChI=1S/C10H20O2Si/c1-9(8-10(11)12-2)6-7-13(3,4)5/h8H,6-7H2,1-5H3/b9-8+. The maximum Gasteiger partial charge on any atom is 0.330 e. The predicted octanol–water partition coefficient (Wildman–Crippen LogP) is 2.83. The van der Waals surface area contributed by atoms with E-state index in [4.69, 9.17) is 0 Å². The molecular weight excluding hydrogens is 180 g/mol. The summed E-state index contributed by atoms with van der Waals surface area (Å²) >= 11 is 0. The number of ether oxygens (including phenoxy) is 1. The van der Waals surface area contributed by atoms with Crippen LogP contribution in [-0.4, -0.2) is 21.2 Å². The van der Waals surface area contributed by atoms with Gasteiger partial charge in [0.15, 0.2) is 0 Å². The van der Waals surface area contributed by atoms with Gasteiger partial charge in [0.05, 0.1) is 7.11 Å². The van der Waals surface area contributed by atoms with E-state index in [0.717, 1.165) is 12.0 Å². The molecule has 0 saturated carbocycles.